The fourth-order valence-electron chi connectivity index (χ4n) is 3.07. The highest BCUT2D eigenvalue weighted by Gasteiger charge is 2.15. The highest BCUT2D eigenvalue weighted by molar-refractivity contribution is 6.21. The molecule has 0 aliphatic heterocycles. The topological polar surface area (TPSA) is 52.6 Å². The molecule has 0 saturated heterocycles. The first-order chi connectivity index (χ1) is 15.1. The SMILES string of the molecule is COc1ccccc1/C=C(\C(=O)OCCCC(=O)c1ccc(F)cc1)c1ccccc1. The fourth-order valence-corrected chi connectivity index (χ4v) is 3.07. The lowest BCUT2D eigenvalue weighted by Crippen LogP contribution is -2.10. The highest BCUT2D eigenvalue weighted by Crippen LogP contribution is 2.25. The van der Waals surface area contributed by atoms with Crippen molar-refractivity contribution >= 4 is 23.4 Å². The number of rotatable bonds is 9. The Labute approximate surface area is 180 Å². The number of Topliss-reactive ketones (excluding diaryl/α,β-unsaturated/α-hetero) is 1. The second-order valence-electron chi connectivity index (χ2n) is 6.84. The van der Waals surface area contributed by atoms with Crippen molar-refractivity contribution in [3.8, 4) is 5.75 Å². The zero-order valence-corrected chi connectivity index (χ0v) is 17.2. The van der Waals surface area contributed by atoms with E-state index in [9.17, 15) is 14.0 Å². The van der Waals surface area contributed by atoms with Crippen LogP contribution in [0.5, 0.6) is 5.75 Å². The van der Waals surface area contributed by atoms with Crippen LogP contribution in [0.25, 0.3) is 11.6 Å². The molecule has 3 aromatic rings. The quantitative estimate of drug-likeness (QED) is 0.150. The van der Waals surface area contributed by atoms with Crippen molar-refractivity contribution in [2.75, 3.05) is 13.7 Å². The molecule has 0 radical (unpaired) electrons. The predicted octanol–water partition coefficient (Wildman–Crippen LogP) is 5.58. The molecule has 5 heteroatoms. The van der Waals surface area contributed by atoms with Gasteiger partial charge in [-0.05, 0) is 48.4 Å². The molecule has 31 heavy (non-hydrogen) atoms. The van der Waals surface area contributed by atoms with Gasteiger partial charge < -0.3 is 9.47 Å². The van der Waals surface area contributed by atoms with Gasteiger partial charge in [0.2, 0.25) is 0 Å². The number of hydrogen-bond donors (Lipinski definition) is 0. The van der Waals surface area contributed by atoms with Crippen LogP contribution in [0.3, 0.4) is 0 Å². The molecular weight excluding hydrogens is 395 g/mol. The van der Waals surface area contributed by atoms with Gasteiger partial charge in [-0.1, -0.05) is 48.5 Å². The normalized spacial score (nSPS) is 11.1. The standard InChI is InChI=1S/C26H23FO4/c1-30-25-12-6-5-10-21(25)18-23(19-8-3-2-4-9-19)26(29)31-17-7-11-24(28)20-13-15-22(27)16-14-20/h2-6,8-10,12-16,18H,7,11,17H2,1H3/b23-18-. The van der Waals surface area contributed by atoms with Crippen LogP contribution < -0.4 is 4.74 Å². The van der Waals surface area contributed by atoms with Gasteiger partial charge in [0.1, 0.15) is 11.6 Å². The minimum atomic E-state index is -0.480. The Hall–Kier alpha value is -3.73. The van der Waals surface area contributed by atoms with E-state index in [0.717, 1.165) is 11.1 Å². The first-order valence-corrected chi connectivity index (χ1v) is 9.94. The van der Waals surface area contributed by atoms with Crippen molar-refractivity contribution in [1.82, 2.24) is 0 Å². The third-order valence-electron chi connectivity index (χ3n) is 4.69. The minimum absolute atomic E-state index is 0.0991. The number of halogens is 1. The summed E-state index contributed by atoms with van der Waals surface area (Å²) in [5.41, 5.74) is 2.32. The molecule has 4 nitrogen and oxygen atoms in total. The van der Waals surface area contributed by atoms with Gasteiger partial charge in [0, 0.05) is 17.5 Å². The summed E-state index contributed by atoms with van der Waals surface area (Å²) >= 11 is 0. The van der Waals surface area contributed by atoms with Gasteiger partial charge in [-0.2, -0.15) is 0 Å². The van der Waals surface area contributed by atoms with E-state index < -0.39 is 5.97 Å². The van der Waals surface area contributed by atoms with Crippen LogP contribution >= 0.6 is 0 Å². The van der Waals surface area contributed by atoms with Crippen molar-refractivity contribution in [2.24, 2.45) is 0 Å². The third-order valence-corrected chi connectivity index (χ3v) is 4.69. The van der Waals surface area contributed by atoms with Crippen molar-refractivity contribution in [2.45, 2.75) is 12.8 Å². The molecule has 0 spiro atoms. The number of carbonyl (C=O) groups is 2. The number of hydrogen-bond acceptors (Lipinski definition) is 4. The first-order valence-electron chi connectivity index (χ1n) is 9.94. The van der Waals surface area contributed by atoms with Crippen LogP contribution in [-0.4, -0.2) is 25.5 Å². The van der Waals surface area contributed by atoms with Gasteiger partial charge in [-0.25, -0.2) is 9.18 Å². The Bertz CT molecular complexity index is 1060. The van der Waals surface area contributed by atoms with Crippen molar-refractivity contribution in [3.63, 3.8) is 0 Å². The Morgan fingerprint density at radius 1 is 0.871 bits per heavy atom. The maximum absolute atomic E-state index is 13.0. The van der Waals surface area contributed by atoms with Crippen LogP contribution in [0.1, 0.15) is 34.3 Å². The average Bonchev–Trinajstić information content (AvgIpc) is 2.81. The Morgan fingerprint density at radius 3 is 2.26 bits per heavy atom. The van der Waals surface area contributed by atoms with E-state index in [0.29, 0.717) is 23.3 Å². The lowest BCUT2D eigenvalue weighted by molar-refractivity contribution is -0.136. The third kappa shape index (κ3) is 6.12. The maximum atomic E-state index is 13.0. The van der Waals surface area contributed by atoms with Crippen LogP contribution in [0.15, 0.2) is 78.9 Å². The number of para-hydroxylation sites is 1. The Morgan fingerprint density at radius 2 is 1.55 bits per heavy atom. The largest absolute Gasteiger partial charge is 0.496 e. The van der Waals surface area contributed by atoms with Gasteiger partial charge in [-0.3, -0.25) is 4.79 Å². The number of carbonyl (C=O) groups excluding carboxylic acids is 2. The summed E-state index contributed by atoms with van der Waals surface area (Å²) in [4.78, 5) is 25.0. The minimum Gasteiger partial charge on any atom is -0.496 e. The van der Waals surface area contributed by atoms with Gasteiger partial charge in [0.25, 0.3) is 0 Å². The van der Waals surface area contributed by atoms with Crippen molar-refractivity contribution in [3.05, 3.63) is 101 Å². The molecule has 0 aromatic heterocycles. The van der Waals surface area contributed by atoms with Crippen LogP contribution in [0.2, 0.25) is 0 Å². The Kier molecular flexibility index (Phi) is 7.71. The number of methoxy groups -OCH3 is 1. The molecule has 0 saturated carbocycles. The van der Waals surface area contributed by atoms with E-state index in [1.807, 2.05) is 54.6 Å². The summed E-state index contributed by atoms with van der Waals surface area (Å²) < 4.78 is 23.8. The highest BCUT2D eigenvalue weighted by atomic mass is 19.1. The van der Waals surface area contributed by atoms with E-state index in [4.69, 9.17) is 9.47 Å². The van der Waals surface area contributed by atoms with E-state index in [2.05, 4.69) is 0 Å². The number of benzene rings is 3. The molecule has 0 aliphatic rings. The van der Waals surface area contributed by atoms with Crippen LogP contribution in [-0.2, 0) is 9.53 Å². The number of ether oxygens (including phenoxy) is 2. The van der Waals surface area contributed by atoms with Crippen LogP contribution in [0, 0.1) is 5.82 Å². The molecule has 0 heterocycles. The fraction of sp³-hybridized carbons (Fsp3) is 0.154. The lowest BCUT2D eigenvalue weighted by Gasteiger charge is -2.11. The van der Waals surface area contributed by atoms with Crippen molar-refractivity contribution in [1.29, 1.82) is 0 Å². The molecule has 0 bridgehead atoms. The monoisotopic (exact) mass is 418 g/mol. The molecule has 3 aromatic carbocycles. The van der Waals surface area contributed by atoms with Crippen molar-refractivity contribution < 1.29 is 23.5 Å². The molecule has 0 unspecified atom stereocenters. The van der Waals surface area contributed by atoms with E-state index in [1.165, 1.54) is 24.3 Å². The summed E-state index contributed by atoms with van der Waals surface area (Å²) in [5.74, 6) is -0.343. The number of esters is 1. The van der Waals surface area contributed by atoms with Gasteiger partial charge in [0.05, 0.1) is 19.3 Å². The lowest BCUT2D eigenvalue weighted by atomic mass is 10.0. The van der Waals surface area contributed by atoms with Gasteiger partial charge in [-0.15, -0.1) is 0 Å². The average molecular weight is 418 g/mol. The molecule has 0 atom stereocenters. The van der Waals surface area contributed by atoms with E-state index >= 15 is 0 Å². The summed E-state index contributed by atoms with van der Waals surface area (Å²) in [7, 11) is 1.57. The summed E-state index contributed by atoms with van der Waals surface area (Å²) in [5, 5.41) is 0. The molecule has 0 aliphatic carbocycles. The molecule has 158 valence electrons. The molecule has 3 rings (SSSR count). The zero-order chi connectivity index (χ0) is 22.1. The Balaban J connectivity index is 1.67. The molecular formula is C26H23FO4. The number of ketones is 1. The predicted molar refractivity (Wildman–Crippen MR) is 118 cm³/mol. The van der Waals surface area contributed by atoms with Gasteiger partial charge >= 0.3 is 5.97 Å². The molecule has 0 amide bonds. The second kappa shape index (κ2) is 10.9. The van der Waals surface area contributed by atoms with Gasteiger partial charge in [0.15, 0.2) is 5.78 Å². The first kappa shape index (κ1) is 22.0. The van der Waals surface area contributed by atoms with Crippen LogP contribution in [0.4, 0.5) is 4.39 Å². The summed E-state index contributed by atoms with van der Waals surface area (Å²) in [6.07, 6.45) is 2.31. The summed E-state index contributed by atoms with van der Waals surface area (Å²) in [6.45, 7) is 0.0991. The van der Waals surface area contributed by atoms with E-state index in [-0.39, 0.29) is 24.6 Å². The molecule has 0 fully saturated rings. The molecule has 0 N–H and O–H groups in total. The smallest absolute Gasteiger partial charge is 0.338 e. The maximum Gasteiger partial charge on any atom is 0.338 e. The van der Waals surface area contributed by atoms with E-state index in [1.54, 1.807) is 13.2 Å². The zero-order valence-electron chi connectivity index (χ0n) is 17.2. The summed E-state index contributed by atoms with van der Waals surface area (Å²) in [6, 6.07) is 22.0. The second-order valence-corrected chi connectivity index (χ2v) is 6.84.